The molecular weight excluding hydrogens is 1410 g/mol. The van der Waals surface area contributed by atoms with Crippen LogP contribution in [0.5, 0.6) is 35.0 Å². The molecule has 8 N–H and O–H groups in total. The van der Waals surface area contributed by atoms with E-state index < -0.39 is 34.1 Å². The largest absolute Gasteiger partial charge is 0.489 e. The fourth-order valence-corrected chi connectivity index (χ4v) is 12.2. The van der Waals surface area contributed by atoms with Gasteiger partial charge >= 0.3 is 24.0 Å². The molecule has 0 amide bonds. The number of halogens is 4. The monoisotopic (exact) mass is 1470 g/mol. The lowest BCUT2D eigenvalue weighted by atomic mass is 10.2. The predicted molar refractivity (Wildman–Crippen MR) is 318 cm³/mol. The van der Waals surface area contributed by atoms with Gasteiger partial charge in [0.15, 0.2) is 11.5 Å². The molecule has 85 heavy (non-hydrogen) atoms. The number of carboxylic acid groups (broad SMARTS) is 2. The number of aromatic nitrogens is 5. The lowest BCUT2D eigenvalue weighted by molar-refractivity contribution is -0.928. The van der Waals surface area contributed by atoms with E-state index >= 15 is 0 Å². The van der Waals surface area contributed by atoms with Crippen molar-refractivity contribution in [2.75, 3.05) is 136 Å². The minimum atomic E-state index is -4.13. The van der Waals surface area contributed by atoms with Crippen molar-refractivity contribution in [2.24, 2.45) is 0 Å². The number of aldehydes is 2. The van der Waals surface area contributed by atoms with Crippen molar-refractivity contribution in [3.8, 4) is 35.0 Å². The molecule has 1 saturated heterocycles. The Labute approximate surface area is 522 Å². The van der Waals surface area contributed by atoms with E-state index in [2.05, 4.69) is 99.6 Å². The third kappa shape index (κ3) is 22.5. The van der Waals surface area contributed by atoms with Crippen molar-refractivity contribution in [2.45, 2.75) is 50.6 Å². The lowest BCUT2D eigenvalue weighted by Gasteiger charge is -2.45. The summed E-state index contributed by atoms with van der Waals surface area (Å²) in [6, 6.07) is 1.93. The molecule has 3 aromatic heterocycles. The SMILES string of the molecule is O=C[C@H](CCC(=O)O)NOc1c[nH]c2cc(Br)c(OCCOCCOCCOc3nc(OCCOCCOCCOc4c(Br)cc5[nH]cc(ON[C@H](C=O)CCC(=O)O)c5c4Br)nc(N4CC[N+](CCCO)(CCCS(=O)(=O)O)CC4)n3)c(Br)c12. The summed E-state index contributed by atoms with van der Waals surface area (Å²) in [6.45, 7) is 5.56. The number of aliphatic hydroxyl groups excluding tert-OH is 1. The lowest BCUT2D eigenvalue weighted by Crippen LogP contribution is -2.61. The van der Waals surface area contributed by atoms with Gasteiger partial charge in [0.25, 0.3) is 10.1 Å². The second-order valence-corrected chi connectivity index (χ2v) is 23.8. The number of quaternary nitrogens is 1. The Kier molecular flexibility index (Phi) is 29.0. The molecule has 1 fully saturated rings. The molecule has 1 aliphatic rings. The number of aromatic amines is 2. The van der Waals surface area contributed by atoms with E-state index in [1.54, 1.807) is 24.5 Å². The molecule has 4 heterocycles. The van der Waals surface area contributed by atoms with Gasteiger partial charge in [0.05, 0.1) is 150 Å². The second-order valence-electron chi connectivity index (χ2n) is 18.9. The van der Waals surface area contributed by atoms with Gasteiger partial charge in [-0.05, 0) is 88.7 Å². The summed E-state index contributed by atoms with van der Waals surface area (Å²) in [5.41, 5.74) is 6.62. The highest BCUT2D eigenvalue weighted by Gasteiger charge is 2.34. The van der Waals surface area contributed by atoms with Gasteiger partial charge in [-0.15, -0.1) is 15.9 Å². The molecule has 2 aromatic carbocycles. The first-order chi connectivity index (χ1) is 40.9. The first-order valence-electron chi connectivity index (χ1n) is 26.8. The maximum Gasteiger partial charge on any atom is 0.324 e. The molecule has 6 rings (SSSR count). The summed E-state index contributed by atoms with van der Waals surface area (Å²) in [5, 5.41) is 28.8. The fraction of sp³-hybridized carbons (Fsp3) is 0.549. The molecule has 470 valence electrons. The Balaban J connectivity index is 0.937. The van der Waals surface area contributed by atoms with Crippen LogP contribution >= 0.6 is 63.7 Å². The number of hydroxylamine groups is 2. The van der Waals surface area contributed by atoms with E-state index in [1.807, 2.05) is 4.90 Å². The molecule has 29 nitrogen and oxygen atoms in total. The molecule has 34 heteroatoms. The number of rotatable bonds is 44. The highest BCUT2D eigenvalue weighted by molar-refractivity contribution is 9.11. The van der Waals surface area contributed by atoms with Crippen molar-refractivity contribution in [3.05, 3.63) is 42.4 Å². The molecule has 2 atom stereocenters. The summed E-state index contributed by atoms with van der Waals surface area (Å²) < 4.78 is 82.2. The van der Waals surface area contributed by atoms with E-state index in [1.165, 1.54) is 0 Å². The number of carboxylic acids is 2. The van der Waals surface area contributed by atoms with Gasteiger partial charge in [0, 0.05) is 44.7 Å². The quantitative estimate of drug-likeness (QED) is 0.00854. The number of hydrogen-bond donors (Lipinski definition) is 8. The average molecular weight is 1480 g/mol. The van der Waals surface area contributed by atoms with E-state index in [9.17, 15) is 37.3 Å². The number of benzene rings is 2. The number of carbonyl (C=O) groups is 4. The number of anilines is 1. The van der Waals surface area contributed by atoms with Crippen molar-refractivity contribution in [1.82, 2.24) is 35.9 Å². The molecule has 0 aliphatic carbocycles. The van der Waals surface area contributed by atoms with Crippen LogP contribution in [-0.2, 0) is 48.2 Å². The van der Waals surface area contributed by atoms with Gasteiger partial charge in [-0.2, -0.15) is 18.4 Å². The van der Waals surface area contributed by atoms with Gasteiger partial charge in [-0.3, -0.25) is 14.1 Å². The number of aliphatic carboxylic acids is 2. The van der Waals surface area contributed by atoms with E-state index in [0.29, 0.717) is 131 Å². The first kappa shape index (κ1) is 69.0. The minimum Gasteiger partial charge on any atom is -0.489 e. The van der Waals surface area contributed by atoms with Gasteiger partial charge < -0.3 is 91.8 Å². The number of piperazine rings is 1. The number of fused-ring (bicyclic) bond motifs is 2. The van der Waals surface area contributed by atoms with E-state index in [4.69, 9.17) is 57.8 Å². The van der Waals surface area contributed by atoms with Gasteiger partial charge in [0.1, 0.15) is 50.5 Å². The van der Waals surface area contributed by atoms with Crippen LogP contribution in [0.3, 0.4) is 0 Å². The molecule has 1 aliphatic heterocycles. The Morgan fingerprint density at radius 2 is 1.06 bits per heavy atom. The Morgan fingerprint density at radius 3 is 1.46 bits per heavy atom. The highest BCUT2D eigenvalue weighted by Crippen LogP contribution is 2.44. The maximum absolute atomic E-state index is 11.5. The Bertz CT molecular complexity index is 2900. The summed E-state index contributed by atoms with van der Waals surface area (Å²) in [4.78, 5) is 77.8. The zero-order chi connectivity index (χ0) is 61.2. The average Bonchev–Trinajstić information content (AvgIpc) is 4.13. The first-order valence-corrected chi connectivity index (χ1v) is 31.6. The van der Waals surface area contributed by atoms with Crippen LogP contribution in [0.15, 0.2) is 42.4 Å². The molecule has 0 spiro atoms. The van der Waals surface area contributed by atoms with Crippen molar-refractivity contribution in [3.63, 3.8) is 0 Å². The van der Waals surface area contributed by atoms with Crippen LogP contribution in [0.1, 0.15) is 38.5 Å². The zero-order valence-corrected chi connectivity index (χ0v) is 53.1. The number of carbonyl (C=O) groups excluding carboxylic acids is 2. The smallest absolute Gasteiger partial charge is 0.324 e. The summed E-state index contributed by atoms with van der Waals surface area (Å²) in [6.07, 6.45) is 4.83. The predicted octanol–water partition coefficient (Wildman–Crippen LogP) is 4.79. The molecule has 0 bridgehead atoms. The van der Waals surface area contributed by atoms with Crippen LogP contribution in [0.4, 0.5) is 5.95 Å². The summed E-state index contributed by atoms with van der Waals surface area (Å²) in [7, 11) is -4.13. The third-order valence-corrected chi connectivity index (χ3v) is 16.4. The van der Waals surface area contributed by atoms with Crippen LogP contribution in [0.2, 0.25) is 0 Å². The van der Waals surface area contributed by atoms with Gasteiger partial charge in [0.2, 0.25) is 5.95 Å². The molecular formula is C51H68Br4N9O20S+. The summed E-state index contributed by atoms with van der Waals surface area (Å²) >= 11 is 14.2. The van der Waals surface area contributed by atoms with Crippen LogP contribution in [0.25, 0.3) is 21.8 Å². The van der Waals surface area contributed by atoms with Crippen LogP contribution < -0.4 is 44.5 Å². The summed E-state index contributed by atoms with van der Waals surface area (Å²) in [5.74, 6) is -0.431. The number of nitrogens with zero attached hydrogens (tertiary/aromatic N) is 5. The van der Waals surface area contributed by atoms with Gasteiger partial charge in [-0.1, -0.05) is 0 Å². The normalized spacial score (nSPS) is 14.1. The van der Waals surface area contributed by atoms with Crippen molar-refractivity contribution in [1.29, 1.82) is 0 Å². The topological polar surface area (TPSA) is 373 Å². The highest BCUT2D eigenvalue weighted by atomic mass is 79.9. The van der Waals surface area contributed by atoms with E-state index in [0.717, 1.165) is 0 Å². The van der Waals surface area contributed by atoms with E-state index in [-0.39, 0.29) is 136 Å². The van der Waals surface area contributed by atoms with Gasteiger partial charge in [-0.25, -0.2) is 0 Å². The standard InChI is InChI=1S/C51H67Br4N9O20S/c52-35-27-37-43(39(29-56-37)83-61-33(31-66)3-5-41(68)69)45(54)47(35)79-22-18-75-14-16-77-20-24-81-50-58-49(63-7-11-64(12-8-63,9-1-13-65)10-2-26-85(72,73)74)59-51(60-50)82-25-21-78-17-15-76-19-23-80-48-36(53)28-38-44(46(48)55)40(30-57-38)84-62-34(32-67)4-6-42(70)71/h27-34,56-57,61-62,65H,1-26H2,(H2-,68,69,70,71,72,73,74)/p+1/t33-,34-/m0/s1. The maximum atomic E-state index is 11.5. The van der Waals surface area contributed by atoms with Crippen molar-refractivity contribution < 1.29 is 99.5 Å². The van der Waals surface area contributed by atoms with Crippen molar-refractivity contribution >= 4 is 126 Å². The molecule has 0 saturated carbocycles. The Hall–Kier alpha value is -5.08. The van der Waals surface area contributed by atoms with Crippen LogP contribution in [-0.4, -0.2) is 225 Å². The third-order valence-electron chi connectivity index (χ3n) is 12.9. The molecule has 0 radical (unpaired) electrons. The second kappa shape index (κ2) is 35.7. The zero-order valence-electron chi connectivity index (χ0n) is 46.0. The number of nitrogens with one attached hydrogen (secondary N) is 4. The number of hydrogen-bond acceptors (Lipinski definition) is 23. The minimum absolute atomic E-state index is 0.00477. The number of H-pyrrole nitrogens is 2. The number of aliphatic hydroxyl groups is 1. The fourth-order valence-electron chi connectivity index (χ4n) is 8.58. The molecule has 5 aromatic rings. The molecule has 0 unspecified atom stereocenters. The Morgan fingerprint density at radius 1 is 0.647 bits per heavy atom. The van der Waals surface area contributed by atoms with Crippen LogP contribution in [0, 0.1) is 0 Å². The number of ether oxygens (including phenoxy) is 8.